The van der Waals surface area contributed by atoms with E-state index in [1.807, 2.05) is 4.98 Å². The molecule has 0 aromatic carbocycles. The summed E-state index contributed by atoms with van der Waals surface area (Å²) >= 11 is 0. The Kier molecular flexibility index (Phi) is 19.4. The Balaban J connectivity index is 0.000000213. The van der Waals surface area contributed by atoms with Crippen molar-refractivity contribution >= 4 is 57.7 Å². The molecule has 5 aromatic rings. The molecular formula is C29H45N12O27P3. The summed E-state index contributed by atoms with van der Waals surface area (Å²) in [6.07, 6.45) is -11.0. The molecule has 23 N–H and O–H groups in total. The van der Waals surface area contributed by atoms with E-state index in [2.05, 4.69) is 34.4 Å². The summed E-state index contributed by atoms with van der Waals surface area (Å²) in [5.41, 5.74) is 8.63. The Labute approximate surface area is 389 Å². The van der Waals surface area contributed by atoms with Gasteiger partial charge in [0, 0.05) is 12.3 Å². The first-order valence-electron chi connectivity index (χ1n) is 19.0. The van der Waals surface area contributed by atoms with Crippen LogP contribution in [0.15, 0.2) is 44.1 Å². The third kappa shape index (κ3) is 15.7. The molecule has 12 atom stereocenters. The number of nitrogen functional groups attached to an aromatic ring is 2. The largest absolute Gasteiger partial charge is 0.469 e. The number of imidazole rings is 2. The van der Waals surface area contributed by atoms with Crippen LogP contribution in [0.5, 0.6) is 0 Å². The smallest absolute Gasteiger partial charge is 0.394 e. The maximum atomic E-state index is 11.7. The molecule has 39 nitrogen and oxygen atoms in total. The Hall–Kier alpha value is -5.13. The number of aromatic amines is 3. The van der Waals surface area contributed by atoms with Gasteiger partial charge in [-0.3, -0.25) is 47.6 Å². The first kappa shape index (κ1) is 58.4. The number of aliphatic hydroxyl groups excluding tert-OH is 8. The van der Waals surface area contributed by atoms with Gasteiger partial charge in [0.2, 0.25) is 11.9 Å². The third-order valence-corrected chi connectivity index (χ3v) is 9.84. The fourth-order valence-corrected chi connectivity index (χ4v) is 6.71. The van der Waals surface area contributed by atoms with Crippen LogP contribution in [0.2, 0.25) is 0 Å². The van der Waals surface area contributed by atoms with Gasteiger partial charge in [-0.25, -0.2) is 28.5 Å². The minimum atomic E-state index is -4.76. The van der Waals surface area contributed by atoms with E-state index in [0.29, 0.717) is 0 Å². The predicted octanol–water partition coefficient (Wildman–Crippen LogP) is -9.97. The number of hydrogen-bond acceptors (Lipinski definition) is 25. The van der Waals surface area contributed by atoms with Gasteiger partial charge in [-0.05, 0) is 0 Å². The summed E-state index contributed by atoms with van der Waals surface area (Å²) in [6, 6.07) is 1.09. The van der Waals surface area contributed by atoms with Crippen LogP contribution in [0.4, 0.5) is 11.9 Å². The van der Waals surface area contributed by atoms with Gasteiger partial charge in [0.05, 0.1) is 32.5 Å². The minimum Gasteiger partial charge on any atom is -0.394 e. The van der Waals surface area contributed by atoms with Crippen LogP contribution >= 0.6 is 23.5 Å². The lowest BCUT2D eigenvalue weighted by molar-refractivity contribution is -0.0550. The summed E-state index contributed by atoms with van der Waals surface area (Å²) in [5, 5.41) is 76.9. The Morgan fingerprint density at radius 1 is 0.577 bits per heavy atom. The number of nitrogens with zero attached hydrogens (tertiary/aromatic N) is 7. The van der Waals surface area contributed by atoms with Crippen LogP contribution in [0.25, 0.3) is 22.3 Å². The first-order chi connectivity index (χ1) is 32.7. The van der Waals surface area contributed by atoms with E-state index < -0.39 is 139 Å². The molecule has 0 amide bonds. The van der Waals surface area contributed by atoms with Crippen LogP contribution in [-0.4, -0.2) is 203 Å². The summed E-state index contributed by atoms with van der Waals surface area (Å²) in [4.78, 5) is 128. The van der Waals surface area contributed by atoms with Crippen molar-refractivity contribution in [3.8, 4) is 0 Å². The molecule has 3 aliphatic rings. The van der Waals surface area contributed by atoms with E-state index in [4.69, 9.17) is 84.2 Å². The van der Waals surface area contributed by atoms with Crippen LogP contribution in [-0.2, 0) is 32.4 Å². The van der Waals surface area contributed by atoms with Crippen molar-refractivity contribution in [2.45, 2.75) is 73.6 Å². The molecule has 8 rings (SSSR count). The van der Waals surface area contributed by atoms with Crippen molar-refractivity contribution < 1.29 is 112 Å². The molecule has 42 heteroatoms. The highest BCUT2D eigenvalue weighted by atomic mass is 31.2. The van der Waals surface area contributed by atoms with E-state index in [1.54, 1.807) is 0 Å². The van der Waals surface area contributed by atoms with E-state index in [-0.39, 0.29) is 34.2 Å². The summed E-state index contributed by atoms with van der Waals surface area (Å²) < 4.78 is 52.1. The van der Waals surface area contributed by atoms with Gasteiger partial charge >= 0.3 is 29.2 Å². The molecule has 0 unspecified atom stereocenters. The summed E-state index contributed by atoms with van der Waals surface area (Å²) in [6.45, 7) is -1.58. The highest BCUT2D eigenvalue weighted by Gasteiger charge is 2.46. The van der Waals surface area contributed by atoms with Gasteiger partial charge in [-0.15, -0.1) is 0 Å². The minimum absolute atomic E-state index is 0.0176. The molecule has 0 radical (unpaired) electrons. The fraction of sp³-hybridized carbons (Fsp3) is 0.517. The zero-order valence-electron chi connectivity index (χ0n) is 35.1. The molecule has 0 saturated carbocycles. The second-order valence-electron chi connectivity index (χ2n) is 14.4. The standard InChI is InChI=1S/C10H14N5O8P.C10H13N5O5.C9H12N2O6.2H3O4P/c11-10-13-7-4(8(18)14-10)12-2-15(7)9-6(17)5(16)3(23-9)1-22-24(19,20)21;11-10-13-7-4(8(19)14-10)12-2-15(7)9-6(18)5(17)3(1-16)20-9;12-3-4-6(14)7(15)8(17-4)11-2-1-5(13)10-9(11)16;2*1-5(2,3)4/h2-3,5-6,9,16-17H,1H2,(H2,19,20,21)(H3,11,13,14,18);2-3,5-6,9,16-18H,1H2,(H3,11,13,14,19);1-2,4,6-8,12,14-15H,3H2,(H,10,13,16);2*(H3,1,2,3,4)/t2*3-,5-,6-,9-;4-,6-,7-,8-;;/m111../s1. The van der Waals surface area contributed by atoms with Crippen LogP contribution in [0, 0.1) is 0 Å². The molecule has 398 valence electrons. The van der Waals surface area contributed by atoms with Gasteiger partial charge in [0.1, 0.15) is 54.9 Å². The van der Waals surface area contributed by atoms with Crippen molar-refractivity contribution in [3.05, 3.63) is 66.5 Å². The first-order valence-corrected chi connectivity index (χ1v) is 23.7. The normalized spacial score (nSPS) is 27.4. The number of aliphatic hydroxyl groups is 8. The quantitative estimate of drug-likeness (QED) is 0.0642. The highest BCUT2D eigenvalue weighted by molar-refractivity contribution is 7.46. The Morgan fingerprint density at radius 2 is 0.930 bits per heavy atom. The Morgan fingerprint density at radius 3 is 1.27 bits per heavy atom. The number of aromatic nitrogens is 10. The predicted molar refractivity (Wildman–Crippen MR) is 225 cm³/mol. The van der Waals surface area contributed by atoms with Gasteiger partial charge in [0.25, 0.3) is 16.7 Å². The molecule has 3 aliphatic heterocycles. The molecule has 3 fully saturated rings. The molecule has 8 heterocycles. The number of nitrogens with two attached hydrogens (primary N) is 2. The maximum absolute atomic E-state index is 11.7. The van der Waals surface area contributed by atoms with E-state index in [0.717, 1.165) is 16.8 Å². The number of rotatable bonds is 8. The molecule has 5 aromatic heterocycles. The molecule has 0 bridgehead atoms. The zero-order chi connectivity index (χ0) is 53.7. The van der Waals surface area contributed by atoms with Crippen LogP contribution < -0.4 is 33.8 Å². The zero-order valence-corrected chi connectivity index (χ0v) is 37.8. The highest BCUT2D eigenvalue weighted by Crippen LogP contribution is 2.39. The van der Waals surface area contributed by atoms with Crippen molar-refractivity contribution in [3.63, 3.8) is 0 Å². The van der Waals surface area contributed by atoms with E-state index in [1.165, 1.54) is 21.8 Å². The topological polar surface area (TPSA) is 646 Å². The average Bonchev–Trinajstić information content (AvgIpc) is 4.05. The lowest BCUT2D eigenvalue weighted by Gasteiger charge is -2.16. The third-order valence-electron chi connectivity index (χ3n) is 9.35. The van der Waals surface area contributed by atoms with Crippen LogP contribution in [0.1, 0.15) is 18.7 Å². The number of anilines is 2. The number of hydrogen-bond donors (Lipinski definition) is 21. The molecule has 71 heavy (non-hydrogen) atoms. The number of ether oxygens (including phenoxy) is 3. The molecular weight excluding hydrogens is 1040 g/mol. The Bertz CT molecular complexity index is 2950. The summed E-state index contributed by atoms with van der Waals surface area (Å²) in [5.74, 6) is -0.278. The van der Waals surface area contributed by atoms with E-state index in [9.17, 15) is 54.4 Å². The lowest BCUT2D eigenvalue weighted by atomic mass is 10.1. The monoisotopic (exact) mass is 1090 g/mol. The number of phosphoric acid groups is 3. The van der Waals surface area contributed by atoms with Crippen LogP contribution in [0.3, 0.4) is 0 Å². The lowest BCUT2D eigenvalue weighted by Crippen LogP contribution is -2.37. The van der Waals surface area contributed by atoms with Gasteiger partial charge in [-0.2, -0.15) is 9.97 Å². The second-order valence-corrected chi connectivity index (χ2v) is 17.7. The number of nitrogens with one attached hydrogen (secondary N) is 3. The maximum Gasteiger partial charge on any atom is 0.469 e. The number of H-pyrrole nitrogens is 3. The van der Waals surface area contributed by atoms with E-state index >= 15 is 0 Å². The van der Waals surface area contributed by atoms with Crippen molar-refractivity contribution in [2.75, 3.05) is 31.3 Å². The summed E-state index contributed by atoms with van der Waals surface area (Å²) in [7, 11) is -14.0. The van der Waals surface area contributed by atoms with Gasteiger partial charge < -0.3 is 106 Å². The molecule has 0 spiro atoms. The number of fused-ring (bicyclic) bond motifs is 2. The molecule has 0 aliphatic carbocycles. The van der Waals surface area contributed by atoms with Gasteiger partial charge in [-0.1, -0.05) is 0 Å². The fourth-order valence-electron chi connectivity index (χ4n) is 6.37. The van der Waals surface area contributed by atoms with Crippen molar-refractivity contribution in [2.24, 2.45) is 0 Å². The SMILES string of the molecule is Nc1nc2c(ncn2[C@@H]2O[C@H](CO)[C@@H](O)[C@H]2O)c(=O)[nH]1.Nc1nc2c(ncn2[C@@H]2O[C@H](COP(=O)(O)O)[C@@H](O)[C@H]2O)c(=O)[nH]1.O=P(O)(O)O.O=P(O)(O)O.O=c1ccn([C@@H]2O[C@H](CO)[C@@H](O)[C@H]2O)c(=O)[nH]1. The second kappa shape index (κ2) is 23.6. The number of phosphoric ester groups is 1. The van der Waals surface area contributed by atoms with Crippen molar-refractivity contribution in [1.82, 2.24) is 48.6 Å². The van der Waals surface area contributed by atoms with Gasteiger partial charge in [0.15, 0.2) is 41.0 Å². The van der Waals surface area contributed by atoms with Crippen molar-refractivity contribution in [1.29, 1.82) is 0 Å². The average molecular weight is 1090 g/mol. The molecule has 3 saturated heterocycles.